The van der Waals surface area contributed by atoms with Gasteiger partial charge in [-0.15, -0.1) is 0 Å². The Hall–Kier alpha value is -3.94. The zero-order valence-electron chi connectivity index (χ0n) is 13.5. The van der Waals surface area contributed by atoms with Gasteiger partial charge < -0.3 is 9.73 Å². The van der Waals surface area contributed by atoms with Crippen molar-refractivity contribution in [2.24, 2.45) is 5.10 Å². The third-order valence-electron chi connectivity index (χ3n) is 3.38. The van der Waals surface area contributed by atoms with Crippen LogP contribution in [0.25, 0.3) is 11.3 Å². The van der Waals surface area contributed by atoms with Crippen molar-refractivity contribution >= 4 is 23.6 Å². The molecule has 0 aliphatic carbocycles. The molecule has 0 saturated carbocycles. The van der Waals surface area contributed by atoms with Crippen molar-refractivity contribution in [3.05, 3.63) is 82.6 Å². The van der Waals surface area contributed by atoms with Crippen molar-refractivity contribution in [2.75, 3.05) is 5.32 Å². The molecule has 8 heteroatoms. The predicted octanol–water partition coefficient (Wildman–Crippen LogP) is 4.01. The fourth-order valence-corrected chi connectivity index (χ4v) is 2.24. The molecule has 1 aromatic heterocycles. The van der Waals surface area contributed by atoms with Crippen LogP contribution in [-0.4, -0.2) is 17.2 Å². The predicted molar refractivity (Wildman–Crippen MR) is 97.0 cm³/mol. The van der Waals surface area contributed by atoms with Crippen LogP contribution in [0.5, 0.6) is 0 Å². The summed E-state index contributed by atoms with van der Waals surface area (Å²) in [6.07, 6.45) is 1.31. The van der Waals surface area contributed by atoms with Gasteiger partial charge in [0.1, 0.15) is 11.5 Å². The largest absolute Gasteiger partial charge is 0.455 e. The van der Waals surface area contributed by atoms with Crippen molar-refractivity contribution in [1.29, 1.82) is 0 Å². The Morgan fingerprint density at radius 1 is 1.04 bits per heavy atom. The topological polar surface area (TPSA) is 110 Å². The van der Waals surface area contributed by atoms with Crippen LogP contribution >= 0.6 is 0 Å². The molecule has 2 aromatic carbocycles. The molecule has 130 valence electrons. The van der Waals surface area contributed by atoms with E-state index in [0.29, 0.717) is 22.8 Å². The number of rotatable bonds is 5. The molecule has 0 atom stereocenters. The van der Waals surface area contributed by atoms with Crippen LogP contribution in [0.4, 0.5) is 16.2 Å². The number of benzene rings is 2. The highest BCUT2D eigenvalue weighted by Crippen LogP contribution is 2.30. The van der Waals surface area contributed by atoms with Crippen LogP contribution in [0.15, 0.2) is 76.2 Å². The molecule has 3 aromatic rings. The van der Waals surface area contributed by atoms with E-state index >= 15 is 0 Å². The number of hydrazone groups is 1. The van der Waals surface area contributed by atoms with Gasteiger partial charge in [0.05, 0.1) is 16.7 Å². The first-order valence-electron chi connectivity index (χ1n) is 7.62. The van der Waals surface area contributed by atoms with E-state index in [2.05, 4.69) is 15.8 Å². The number of carbonyl (C=O) groups is 1. The average molecular weight is 350 g/mol. The molecule has 0 bridgehead atoms. The number of nitro groups is 1. The van der Waals surface area contributed by atoms with Crippen molar-refractivity contribution in [3.8, 4) is 11.3 Å². The number of nitro benzene ring substituents is 1. The van der Waals surface area contributed by atoms with E-state index in [-0.39, 0.29) is 5.69 Å². The van der Waals surface area contributed by atoms with E-state index in [9.17, 15) is 14.9 Å². The van der Waals surface area contributed by atoms with Gasteiger partial charge in [-0.2, -0.15) is 5.10 Å². The van der Waals surface area contributed by atoms with Crippen molar-refractivity contribution in [3.63, 3.8) is 0 Å². The lowest BCUT2D eigenvalue weighted by molar-refractivity contribution is -0.384. The Balaban J connectivity index is 1.64. The number of hydrogen-bond donors (Lipinski definition) is 2. The number of nitrogens with zero attached hydrogens (tertiary/aromatic N) is 2. The number of furan rings is 1. The third-order valence-corrected chi connectivity index (χ3v) is 3.38. The highest BCUT2D eigenvalue weighted by Gasteiger charge is 2.16. The lowest BCUT2D eigenvalue weighted by Crippen LogP contribution is -2.24. The summed E-state index contributed by atoms with van der Waals surface area (Å²) < 4.78 is 5.54. The Morgan fingerprint density at radius 2 is 1.77 bits per heavy atom. The van der Waals surface area contributed by atoms with Crippen molar-refractivity contribution < 1.29 is 14.1 Å². The van der Waals surface area contributed by atoms with Gasteiger partial charge in [-0.1, -0.05) is 30.3 Å². The number of hydrogen-bond acceptors (Lipinski definition) is 5. The normalized spacial score (nSPS) is 10.6. The number of urea groups is 1. The summed E-state index contributed by atoms with van der Waals surface area (Å²) >= 11 is 0. The molecule has 0 saturated heterocycles. The summed E-state index contributed by atoms with van der Waals surface area (Å²) in [6.45, 7) is 0. The maximum atomic E-state index is 11.7. The van der Waals surface area contributed by atoms with Gasteiger partial charge in [0, 0.05) is 11.8 Å². The van der Waals surface area contributed by atoms with Gasteiger partial charge in [0.25, 0.3) is 5.69 Å². The van der Waals surface area contributed by atoms with Crippen LogP contribution in [0, 0.1) is 10.1 Å². The maximum Gasteiger partial charge on any atom is 0.339 e. The van der Waals surface area contributed by atoms with Crippen LogP contribution in [-0.2, 0) is 0 Å². The Bertz CT molecular complexity index is 951. The van der Waals surface area contributed by atoms with E-state index in [4.69, 9.17) is 4.42 Å². The maximum absolute atomic E-state index is 11.7. The molecule has 3 rings (SSSR count). The summed E-state index contributed by atoms with van der Waals surface area (Å²) in [5, 5.41) is 17.5. The Kier molecular flexibility index (Phi) is 5.04. The van der Waals surface area contributed by atoms with Gasteiger partial charge in [0.15, 0.2) is 0 Å². The molecule has 0 aliphatic heterocycles. The van der Waals surface area contributed by atoms with Crippen molar-refractivity contribution in [2.45, 2.75) is 0 Å². The SMILES string of the molecule is O=C(N/N=C\c1ccc(-c2ccccc2[N+](=O)[O-])o1)Nc1ccccc1. The minimum absolute atomic E-state index is 0.0503. The van der Waals surface area contributed by atoms with Crippen LogP contribution in [0.3, 0.4) is 0 Å². The molecule has 0 spiro atoms. The second kappa shape index (κ2) is 7.75. The Labute approximate surface area is 148 Å². The number of para-hydroxylation sites is 2. The smallest absolute Gasteiger partial charge is 0.339 e. The lowest BCUT2D eigenvalue weighted by Gasteiger charge is -2.02. The zero-order chi connectivity index (χ0) is 18.4. The van der Waals surface area contributed by atoms with E-state index in [1.54, 1.807) is 54.6 Å². The second-order valence-electron chi connectivity index (χ2n) is 5.17. The number of nitrogens with one attached hydrogen (secondary N) is 2. The quantitative estimate of drug-likeness (QED) is 0.411. The fraction of sp³-hybridized carbons (Fsp3) is 0. The molecule has 2 amide bonds. The Morgan fingerprint density at radius 3 is 2.54 bits per heavy atom. The molecule has 1 heterocycles. The molecule has 26 heavy (non-hydrogen) atoms. The molecule has 8 nitrogen and oxygen atoms in total. The van der Waals surface area contributed by atoms with E-state index < -0.39 is 11.0 Å². The van der Waals surface area contributed by atoms with Crippen LogP contribution in [0.2, 0.25) is 0 Å². The summed E-state index contributed by atoms with van der Waals surface area (Å²) in [6, 6.07) is 17.9. The monoisotopic (exact) mass is 350 g/mol. The highest BCUT2D eigenvalue weighted by molar-refractivity contribution is 5.90. The van der Waals surface area contributed by atoms with E-state index in [1.807, 2.05) is 6.07 Å². The standard InChI is InChI=1S/C18H14N4O4/c23-18(20-13-6-2-1-3-7-13)21-19-12-14-10-11-17(26-14)15-8-4-5-9-16(15)22(24)25/h1-12H,(H2,20,21,23)/b19-12-. The van der Waals surface area contributed by atoms with E-state index in [1.165, 1.54) is 12.3 Å². The van der Waals surface area contributed by atoms with Crippen LogP contribution < -0.4 is 10.7 Å². The number of carbonyl (C=O) groups excluding carboxylic acids is 1. The fourth-order valence-electron chi connectivity index (χ4n) is 2.24. The number of amides is 2. The summed E-state index contributed by atoms with van der Waals surface area (Å²) in [5.74, 6) is 0.686. The first-order valence-corrected chi connectivity index (χ1v) is 7.62. The molecular formula is C18H14N4O4. The van der Waals surface area contributed by atoms with Gasteiger partial charge in [-0.05, 0) is 30.3 Å². The summed E-state index contributed by atoms with van der Waals surface area (Å²) in [4.78, 5) is 22.3. The van der Waals surface area contributed by atoms with Gasteiger partial charge >= 0.3 is 6.03 Å². The molecule has 2 N–H and O–H groups in total. The highest BCUT2D eigenvalue weighted by atomic mass is 16.6. The average Bonchev–Trinajstić information content (AvgIpc) is 3.11. The molecule has 0 aliphatic rings. The lowest BCUT2D eigenvalue weighted by atomic mass is 10.1. The summed E-state index contributed by atoms with van der Waals surface area (Å²) in [5.41, 5.74) is 3.26. The van der Waals surface area contributed by atoms with E-state index in [0.717, 1.165) is 0 Å². The first kappa shape index (κ1) is 16.9. The van der Waals surface area contributed by atoms with Crippen LogP contribution in [0.1, 0.15) is 5.76 Å². The summed E-state index contributed by atoms with van der Waals surface area (Å²) in [7, 11) is 0. The van der Waals surface area contributed by atoms with Crippen molar-refractivity contribution in [1.82, 2.24) is 5.43 Å². The minimum Gasteiger partial charge on any atom is -0.455 e. The first-order chi connectivity index (χ1) is 12.6. The zero-order valence-corrected chi connectivity index (χ0v) is 13.5. The number of anilines is 1. The molecular weight excluding hydrogens is 336 g/mol. The minimum atomic E-state index is -0.502. The van der Waals surface area contributed by atoms with Gasteiger partial charge in [-0.25, -0.2) is 10.2 Å². The molecule has 0 radical (unpaired) electrons. The van der Waals surface area contributed by atoms with Gasteiger partial charge in [0.2, 0.25) is 0 Å². The molecule has 0 fully saturated rings. The third kappa shape index (κ3) is 4.12. The van der Waals surface area contributed by atoms with Gasteiger partial charge in [-0.3, -0.25) is 10.1 Å². The molecule has 0 unspecified atom stereocenters. The second-order valence-corrected chi connectivity index (χ2v) is 5.17.